The lowest BCUT2D eigenvalue weighted by atomic mass is 10.3. The highest BCUT2D eigenvalue weighted by Crippen LogP contribution is 2.30. The molecule has 0 unspecified atom stereocenters. The normalized spacial score (nSPS) is 11.0. The van der Waals surface area contributed by atoms with E-state index in [9.17, 15) is 8.42 Å². The fourth-order valence-corrected chi connectivity index (χ4v) is 2.98. The molecule has 0 atom stereocenters. The molecule has 2 aromatic carbocycles. The summed E-state index contributed by atoms with van der Waals surface area (Å²) >= 11 is 3.26. The first-order valence-corrected chi connectivity index (χ1v) is 8.08. The Kier molecular flexibility index (Phi) is 4.74. The van der Waals surface area contributed by atoms with Crippen LogP contribution in [0.1, 0.15) is 0 Å². The second-order valence-electron chi connectivity index (χ2n) is 4.01. The van der Waals surface area contributed by atoms with Crippen LogP contribution in [0.2, 0.25) is 0 Å². The molecule has 2 aromatic rings. The van der Waals surface area contributed by atoms with E-state index >= 15 is 0 Å². The molecule has 0 aliphatic heterocycles. The third kappa shape index (κ3) is 3.68. The second kappa shape index (κ2) is 6.36. The lowest BCUT2D eigenvalue weighted by Crippen LogP contribution is -2.10. The van der Waals surface area contributed by atoms with Gasteiger partial charge < -0.3 is 13.7 Å². The first-order valence-electron chi connectivity index (χ1n) is 5.88. The van der Waals surface area contributed by atoms with Gasteiger partial charge in [0.2, 0.25) is 0 Å². The molecule has 0 bridgehead atoms. The highest BCUT2D eigenvalue weighted by atomic mass is 79.9. The van der Waals surface area contributed by atoms with Crippen molar-refractivity contribution in [3.05, 3.63) is 46.9 Å². The zero-order valence-electron chi connectivity index (χ0n) is 11.4. The summed E-state index contributed by atoms with van der Waals surface area (Å²) in [5.41, 5.74) is 0. The zero-order chi connectivity index (χ0) is 15.5. The number of methoxy groups -OCH3 is 2. The molecule has 0 amide bonds. The standard InChI is InChI=1S/C14H13BrO5S/c1-18-13-7-6-12(9-14(13)19-2)21(16,17)20-11-5-3-4-10(15)8-11/h3-9H,1-2H3. The summed E-state index contributed by atoms with van der Waals surface area (Å²) < 4.78 is 40.5. The Morgan fingerprint density at radius 1 is 0.952 bits per heavy atom. The molecule has 5 nitrogen and oxygen atoms in total. The SMILES string of the molecule is COc1ccc(S(=O)(=O)Oc2cccc(Br)c2)cc1OC. The van der Waals surface area contributed by atoms with E-state index in [1.54, 1.807) is 24.3 Å². The Bertz CT molecular complexity index is 743. The minimum atomic E-state index is -3.94. The maximum atomic E-state index is 12.2. The predicted octanol–water partition coefficient (Wildman–Crippen LogP) is 3.23. The maximum absolute atomic E-state index is 12.2. The molecule has 0 spiro atoms. The highest BCUT2D eigenvalue weighted by molar-refractivity contribution is 9.10. The lowest BCUT2D eigenvalue weighted by molar-refractivity contribution is 0.353. The van der Waals surface area contributed by atoms with Gasteiger partial charge in [-0.1, -0.05) is 22.0 Å². The van der Waals surface area contributed by atoms with Gasteiger partial charge in [0.1, 0.15) is 10.6 Å². The van der Waals surface area contributed by atoms with E-state index < -0.39 is 10.1 Å². The van der Waals surface area contributed by atoms with Crippen molar-refractivity contribution in [1.29, 1.82) is 0 Å². The van der Waals surface area contributed by atoms with Crippen LogP contribution >= 0.6 is 15.9 Å². The topological polar surface area (TPSA) is 61.8 Å². The first-order chi connectivity index (χ1) is 9.96. The Hall–Kier alpha value is -1.73. The van der Waals surface area contributed by atoms with Gasteiger partial charge in [0, 0.05) is 10.5 Å². The summed E-state index contributed by atoms with van der Waals surface area (Å²) in [4.78, 5) is -0.0138. The number of ether oxygens (including phenoxy) is 2. The largest absolute Gasteiger partial charge is 0.493 e. The Balaban J connectivity index is 2.35. The smallest absolute Gasteiger partial charge is 0.339 e. The van der Waals surface area contributed by atoms with Crippen LogP contribution in [0.15, 0.2) is 51.8 Å². The fourth-order valence-electron chi connectivity index (χ4n) is 1.67. The van der Waals surface area contributed by atoms with Crippen molar-refractivity contribution in [1.82, 2.24) is 0 Å². The molecule has 0 heterocycles. The van der Waals surface area contributed by atoms with E-state index in [2.05, 4.69) is 15.9 Å². The van der Waals surface area contributed by atoms with Gasteiger partial charge in [-0.25, -0.2) is 0 Å². The van der Waals surface area contributed by atoms with Crippen molar-refractivity contribution in [2.24, 2.45) is 0 Å². The van der Waals surface area contributed by atoms with Gasteiger partial charge >= 0.3 is 10.1 Å². The number of rotatable bonds is 5. The van der Waals surface area contributed by atoms with Gasteiger partial charge in [0.15, 0.2) is 11.5 Å². The summed E-state index contributed by atoms with van der Waals surface area (Å²) in [6.45, 7) is 0. The average Bonchev–Trinajstić information content (AvgIpc) is 2.46. The third-order valence-corrected chi connectivity index (χ3v) is 4.38. The van der Waals surface area contributed by atoms with Gasteiger partial charge in [-0.3, -0.25) is 0 Å². The van der Waals surface area contributed by atoms with Gasteiger partial charge in [-0.05, 0) is 30.3 Å². The number of hydrogen-bond donors (Lipinski definition) is 0. The van der Waals surface area contributed by atoms with Gasteiger partial charge in [-0.15, -0.1) is 0 Å². The van der Waals surface area contributed by atoms with E-state index in [0.29, 0.717) is 11.5 Å². The Labute approximate surface area is 131 Å². The van der Waals surface area contributed by atoms with E-state index in [1.165, 1.54) is 32.4 Å². The van der Waals surface area contributed by atoms with Crippen LogP contribution in [0.25, 0.3) is 0 Å². The molecule has 7 heteroatoms. The van der Waals surface area contributed by atoms with Crippen LogP contribution in [0.4, 0.5) is 0 Å². The molecular formula is C14H13BrO5S. The molecule has 2 rings (SSSR count). The van der Waals surface area contributed by atoms with Gasteiger partial charge in [-0.2, -0.15) is 8.42 Å². The Morgan fingerprint density at radius 3 is 2.29 bits per heavy atom. The molecule has 0 aliphatic rings. The van der Waals surface area contributed by atoms with Crippen LogP contribution in [0.5, 0.6) is 17.2 Å². The predicted molar refractivity (Wildman–Crippen MR) is 81.5 cm³/mol. The Morgan fingerprint density at radius 2 is 1.67 bits per heavy atom. The first kappa shape index (κ1) is 15.7. The molecular weight excluding hydrogens is 360 g/mol. The van der Waals surface area contributed by atoms with Crippen LogP contribution in [0, 0.1) is 0 Å². The van der Waals surface area contributed by atoms with Crippen molar-refractivity contribution in [2.45, 2.75) is 4.90 Å². The average molecular weight is 373 g/mol. The number of hydrogen-bond acceptors (Lipinski definition) is 5. The van der Waals surface area contributed by atoms with E-state index in [4.69, 9.17) is 13.7 Å². The molecule has 0 saturated heterocycles. The quantitative estimate of drug-likeness (QED) is 0.753. The summed E-state index contributed by atoms with van der Waals surface area (Å²) in [6, 6.07) is 10.8. The number of benzene rings is 2. The maximum Gasteiger partial charge on any atom is 0.339 e. The van der Waals surface area contributed by atoms with Crippen molar-refractivity contribution in [2.75, 3.05) is 14.2 Å². The van der Waals surface area contributed by atoms with Gasteiger partial charge in [0.05, 0.1) is 14.2 Å². The molecule has 0 fully saturated rings. The molecule has 0 N–H and O–H groups in total. The summed E-state index contributed by atoms with van der Waals surface area (Å²) in [5.74, 6) is 0.981. The van der Waals surface area contributed by atoms with Crippen LogP contribution < -0.4 is 13.7 Å². The molecule has 0 saturated carbocycles. The monoisotopic (exact) mass is 372 g/mol. The van der Waals surface area contributed by atoms with E-state index in [0.717, 1.165) is 4.47 Å². The van der Waals surface area contributed by atoms with Crippen LogP contribution in [-0.2, 0) is 10.1 Å². The lowest BCUT2D eigenvalue weighted by Gasteiger charge is -2.11. The zero-order valence-corrected chi connectivity index (χ0v) is 13.8. The third-order valence-electron chi connectivity index (χ3n) is 2.65. The van der Waals surface area contributed by atoms with E-state index in [1.807, 2.05) is 0 Å². The molecule has 0 aliphatic carbocycles. The van der Waals surface area contributed by atoms with Gasteiger partial charge in [0.25, 0.3) is 0 Å². The van der Waals surface area contributed by atoms with Crippen LogP contribution in [-0.4, -0.2) is 22.6 Å². The molecule has 21 heavy (non-hydrogen) atoms. The summed E-state index contributed by atoms with van der Waals surface area (Å²) in [7, 11) is -1.03. The molecule has 0 aromatic heterocycles. The summed E-state index contributed by atoms with van der Waals surface area (Å²) in [5, 5.41) is 0. The van der Waals surface area contributed by atoms with Crippen molar-refractivity contribution in [3.63, 3.8) is 0 Å². The van der Waals surface area contributed by atoms with E-state index in [-0.39, 0.29) is 10.6 Å². The summed E-state index contributed by atoms with van der Waals surface area (Å²) in [6.07, 6.45) is 0. The molecule has 112 valence electrons. The van der Waals surface area contributed by atoms with Crippen molar-refractivity contribution < 1.29 is 22.1 Å². The van der Waals surface area contributed by atoms with Crippen molar-refractivity contribution in [3.8, 4) is 17.2 Å². The fraction of sp³-hybridized carbons (Fsp3) is 0.143. The minimum Gasteiger partial charge on any atom is -0.493 e. The number of halogens is 1. The minimum absolute atomic E-state index is 0.0138. The van der Waals surface area contributed by atoms with Crippen LogP contribution in [0.3, 0.4) is 0 Å². The molecule has 0 radical (unpaired) electrons. The van der Waals surface area contributed by atoms with Crippen molar-refractivity contribution >= 4 is 26.0 Å². The second-order valence-corrected chi connectivity index (χ2v) is 6.47. The highest BCUT2D eigenvalue weighted by Gasteiger charge is 2.19.